The molecule has 2 aliphatic heterocycles. The summed E-state index contributed by atoms with van der Waals surface area (Å²) < 4.78 is 5.65. The van der Waals surface area contributed by atoms with Gasteiger partial charge in [-0.1, -0.05) is 18.5 Å². The zero-order valence-corrected chi connectivity index (χ0v) is 15.3. The normalized spacial score (nSPS) is 21.3. The molecule has 0 bridgehead atoms. The second kappa shape index (κ2) is 6.89. The van der Waals surface area contributed by atoms with Gasteiger partial charge in [0.2, 0.25) is 0 Å². The molecule has 1 unspecified atom stereocenters. The van der Waals surface area contributed by atoms with Gasteiger partial charge in [-0.05, 0) is 24.1 Å². The van der Waals surface area contributed by atoms with Crippen LogP contribution >= 0.6 is 11.6 Å². The summed E-state index contributed by atoms with van der Waals surface area (Å²) in [5, 5.41) is 19.8. The molecule has 0 radical (unpaired) electrons. The Morgan fingerprint density at radius 3 is 2.81 bits per heavy atom. The van der Waals surface area contributed by atoms with Crippen molar-refractivity contribution in [3.63, 3.8) is 0 Å². The molecule has 1 aromatic carbocycles. The van der Waals surface area contributed by atoms with E-state index >= 15 is 0 Å². The Bertz CT molecular complexity index is 846. The van der Waals surface area contributed by atoms with Crippen molar-refractivity contribution in [1.29, 1.82) is 5.26 Å². The minimum absolute atomic E-state index is 0.231. The number of benzene rings is 1. The molecule has 2 heterocycles. The number of carbonyl (C=O) groups is 1. The highest BCUT2D eigenvalue weighted by atomic mass is 35.5. The van der Waals surface area contributed by atoms with E-state index in [1.165, 1.54) is 12.0 Å². The van der Waals surface area contributed by atoms with E-state index in [2.05, 4.69) is 11.1 Å². The Kier molecular flexibility index (Phi) is 4.79. The molecule has 0 aromatic heterocycles. The molecular weight excluding hydrogens is 356 g/mol. The lowest BCUT2D eigenvalue weighted by Gasteiger charge is -2.57. The van der Waals surface area contributed by atoms with Gasteiger partial charge < -0.3 is 14.7 Å². The van der Waals surface area contributed by atoms with Gasteiger partial charge in [-0.15, -0.1) is 0 Å². The molecule has 8 heteroatoms. The van der Waals surface area contributed by atoms with Crippen molar-refractivity contribution in [2.75, 3.05) is 20.3 Å². The largest absolute Gasteiger partial charge is 0.496 e. The highest BCUT2D eigenvalue weighted by molar-refractivity contribution is 6.32. The number of aliphatic imine (C=N–C) groups is 1. The molecule has 1 atom stereocenters. The predicted octanol–water partition coefficient (Wildman–Crippen LogP) is 3.18. The third kappa shape index (κ3) is 2.49. The molecule has 0 saturated carbocycles. The summed E-state index contributed by atoms with van der Waals surface area (Å²) in [5.74, 6) is 0.502. The van der Waals surface area contributed by atoms with E-state index in [4.69, 9.17) is 16.3 Å². The number of aryl methyl sites for hydroxylation is 1. The second-order valence-corrected chi connectivity index (χ2v) is 6.46. The Hall–Kier alpha value is -2.72. The van der Waals surface area contributed by atoms with Crippen LogP contribution in [-0.2, 0) is 12.1 Å². The zero-order chi connectivity index (χ0) is 18.9. The summed E-state index contributed by atoms with van der Waals surface area (Å²) in [6.07, 6.45) is 5.27. The SMILES string of the molecule is CCc1cc(Cl)c(C#N)c(C2(N3C=CC=NC3)CCN2C(=O)O)c1OC. The van der Waals surface area contributed by atoms with Crippen molar-refractivity contribution in [3.05, 3.63) is 40.1 Å². The molecule has 1 saturated heterocycles. The number of hydrogen-bond acceptors (Lipinski definition) is 5. The number of nitrogens with zero attached hydrogens (tertiary/aromatic N) is 4. The zero-order valence-electron chi connectivity index (χ0n) is 14.6. The minimum atomic E-state index is -1.08. The third-order valence-electron chi connectivity index (χ3n) is 4.93. The summed E-state index contributed by atoms with van der Waals surface area (Å²) in [6.45, 7) is 2.59. The van der Waals surface area contributed by atoms with Gasteiger partial charge in [0.25, 0.3) is 0 Å². The van der Waals surface area contributed by atoms with Crippen LogP contribution in [0.2, 0.25) is 5.02 Å². The summed E-state index contributed by atoms with van der Waals surface area (Å²) >= 11 is 6.39. The fraction of sp³-hybridized carbons (Fsp3) is 0.389. The molecule has 1 aromatic rings. The topological polar surface area (TPSA) is 89.2 Å². The van der Waals surface area contributed by atoms with Crippen molar-refractivity contribution >= 4 is 23.9 Å². The fourth-order valence-corrected chi connectivity index (χ4v) is 3.96. The van der Waals surface area contributed by atoms with Crippen LogP contribution in [0.3, 0.4) is 0 Å². The first-order valence-corrected chi connectivity index (χ1v) is 8.62. The Labute approximate surface area is 156 Å². The van der Waals surface area contributed by atoms with Gasteiger partial charge in [0.1, 0.15) is 18.5 Å². The molecule has 2 aliphatic rings. The molecule has 0 spiro atoms. The number of carboxylic acid groups (broad SMARTS) is 1. The number of rotatable bonds is 4. The lowest BCUT2D eigenvalue weighted by atomic mass is 9.80. The molecule has 1 fully saturated rings. The highest BCUT2D eigenvalue weighted by Gasteiger charge is 2.56. The van der Waals surface area contributed by atoms with E-state index < -0.39 is 11.8 Å². The maximum Gasteiger partial charge on any atom is 0.409 e. The number of likely N-dealkylation sites (tertiary alicyclic amines) is 1. The third-order valence-corrected chi connectivity index (χ3v) is 5.23. The van der Waals surface area contributed by atoms with E-state index in [1.807, 2.05) is 11.8 Å². The first kappa shape index (κ1) is 18.1. The Morgan fingerprint density at radius 2 is 2.35 bits per heavy atom. The second-order valence-electron chi connectivity index (χ2n) is 6.05. The summed E-state index contributed by atoms with van der Waals surface area (Å²) in [5.41, 5.74) is 0.468. The van der Waals surface area contributed by atoms with Crippen LogP contribution in [0.25, 0.3) is 0 Å². The lowest BCUT2D eigenvalue weighted by Crippen LogP contribution is -2.67. The quantitative estimate of drug-likeness (QED) is 0.874. The van der Waals surface area contributed by atoms with Crippen molar-refractivity contribution in [3.8, 4) is 11.8 Å². The monoisotopic (exact) mass is 374 g/mol. The van der Waals surface area contributed by atoms with E-state index in [-0.39, 0.29) is 12.2 Å². The summed E-state index contributed by atoms with van der Waals surface area (Å²) in [6, 6.07) is 3.85. The smallest absolute Gasteiger partial charge is 0.409 e. The number of allylic oxidation sites excluding steroid dienone is 1. The molecule has 0 aliphatic carbocycles. The summed E-state index contributed by atoms with van der Waals surface area (Å²) in [7, 11) is 1.52. The van der Waals surface area contributed by atoms with Gasteiger partial charge in [0.05, 0.1) is 23.3 Å². The summed E-state index contributed by atoms with van der Waals surface area (Å²) in [4.78, 5) is 19.3. The predicted molar refractivity (Wildman–Crippen MR) is 97.5 cm³/mol. The molecule has 136 valence electrons. The number of amides is 1. The maximum absolute atomic E-state index is 11.9. The fourth-order valence-electron chi connectivity index (χ4n) is 3.69. The van der Waals surface area contributed by atoms with Crippen molar-refractivity contribution in [2.45, 2.75) is 25.4 Å². The molecular formula is C18H19ClN4O3. The first-order valence-electron chi connectivity index (χ1n) is 8.25. The average Bonchev–Trinajstić information content (AvgIpc) is 2.61. The number of hydrogen-bond donors (Lipinski definition) is 1. The first-order chi connectivity index (χ1) is 12.5. The van der Waals surface area contributed by atoms with Crippen LogP contribution in [0, 0.1) is 11.3 Å². The van der Waals surface area contributed by atoms with Crippen LogP contribution < -0.4 is 4.74 Å². The Morgan fingerprint density at radius 1 is 1.58 bits per heavy atom. The molecule has 7 nitrogen and oxygen atoms in total. The molecule has 3 rings (SSSR count). The van der Waals surface area contributed by atoms with Crippen molar-refractivity contribution in [2.24, 2.45) is 4.99 Å². The molecule has 1 N–H and O–H groups in total. The number of ether oxygens (including phenoxy) is 1. The number of methoxy groups -OCH3 is 1. The average molecular weight is 375 g/mol. The van der Waals surface area contributed by atoms with Gasteiger partial charge in [-0.2, -0.15) is 5.26 Å². The minimum Gasteiger partial charge on any atom is -0.496 e. The van der Waals surface area contributed by atoms with Gasteiger partial charge in [0, 0.05) is 25.4 Å². The Balaban J connectivity index is 2.34. The van der Waals surface area contributed by atoms with Crippen LogP contribution in [-0.4, -0.2) is 47.5 Å². The van der Waals surface area contributed by atoms with Crippen LogP contribution in [0.4, 0.5) is 4.79 Å². The van der Waals surface area contributed by atoms with Crippen LogP contribution in [0.1, 0.15) is 30.0 Å². The van der Waals surface area contributed by atoms with Crippen LogP contribution in [0.15, 0.2) is 23.3 Å². The van der Waals surface area contributed by atoms with E-state index in [0.29, 0.717) is 35.7 Å². The lowest BCUT2D eigenvalue weighted by molar-refractivity contribution is -0.0998. The van der Waals surface area contributed by atoms with E-state index in [0.717, 1.165) is 5.56 Å². The number of nitriles is 1. The van der Waals surface area contributed by atoms with Crippen LogP contribution in [0.5, 0.6) is 5.75 Å². The van der Waals surface area contributed by atoms with E-state index in [9.17, 15) is 15.2 Å². The van der Waals surface area contributed by atoms with Gasteiger partial charge in [0.15, 0.2) is 5.66 Å². The van der Waals surface area contributed by atoms with Crippen molar-refractivity contribution < 1.29 is 14.6 Å². The molecule has 26 heavy (non-hydrogen) atoms. The van der Waals surface area contributed by atoms with E-state index in [1.54, 1.807) is 24.6 Å². The number of halogens is 1. The van der Waals surface area contributed by atoms with Gasteiger partial charge in [-0.25, -0.2) is 4.79 Å². The standard InChI is InChI=1S/C18H19ClN4O3/c1-3-12-9-14(19)13(10-20)15(16(12)26-2)18(5-8-23(18)17(24)25)22-7-4-6-21-11-22/h4,6-7,9H,3,5,8,11H2,1-2H3,(H,24,25). The van der Waals surface area contributed by atoms with Gasteiger partial charge in [-0.3, -0.25) is 9.89 Å². The van der Waals surface area contributed by atoms with Gasteiger partial charge >= 0.3 is 6.09 Å². The molecule has 1 amide bonds. The maximum atomic E-state index is 11.9. The highest BCUT2D eigenvalue weighted by Crippen LogP contribution is 2.51. The van der Waals surface area contributed by atoms with Crippen molar-refractivity contribution in [1.82, 2.24) is 9.80 Å².